The number of nitrogens with two attached hydrogens (primary N) is 1. The van der Waals surface area contributed by atoms with E-state index < -0.39 is 0 Å². The summed E-state index contributed by atoms with van der Waals surface area (Å²) in [6.07, 6.45) is 2.58. The molecule has 1 atom stereocenters. The minimum Gasteiger partial charge on any atom is -0.383 e. The predicted molar refractivity (Wildman–Crippen MR) is 79.9 cm³/mol. The van der Waals surface area contributed by atoms with Crippen LogP contribution in [0.2, 0.25) is 0 Å². The molecule has 1 amide bonds. The summed E-state index contributed by atoms with van der Waals surface area (Å²) in [5.41, 5.74) is 6.58. The molecule has 3 N–H and O–H groups in total. The summed E-state index contributed by atoms with van der Waals surface area (Å²) in [5.74, 6) is 0.539. The lowest BCUT2D eigenvalue weighted by Crippen LogP contribution is -2.32. The average Bonchev–Trinajstić information content (AvgIpc) is 2.90. The number of aromatic nitrogens is 2. The molecule has 1 fully saturated rings. The average molecular weight is 293 g/mol. The van der Waals surface area contributed by atoms with E-state index in [0.29, 0.717) is 23.7 Å². The van der Waals surface area contributed by atoms with Gasteiger partial charge in [0.05, 0.1) is 17.9 Å². The van der Waals surface area contributed by atoms with Crippen LogP contribution in [0.3, 0.4) is 0 Å². The van der Waals surface area contributed by atoms with Crippen molar-refractivity contribution in [1.82, 2.24) is 20.2 Å². The third kappa shape index (κ3) is 4.37. The van der Waals surface area contributed by atoms with Crippen LogP contribution in [-0.2, 0) is 4.74 Å². The highest BCUT2D eigenvalue weighted by Crippen LogP contribution is 2.15. The van der Waals surface area contributed by atoms with Gasteiger partial charge in [-0.25, -0.2) is 9.97 Å². The number of anilines is 1. The van der Waals surface area contributed by atoms with E-state index in [1.807, 2.05) is 0 Å². The molecule has 0 bridgehead atoms. The SMILES string of the molecule is COCCN1CCC(CNC(=O)c2cnc(N)nc2C)C1. The van der Waals surface area contributed by atoms with Crippen LogP contribution in [0.1, 0.15) is 22.5 Å². The van der Waals surface area contributed by atoms with Gasteiger partial charge in [-0.15, -0.1) is 0 Å². The van der Waals surface area contributed by atoms with Crippen molar-refractivity contribution in [2.75, 3.05) is 45.6 Å². The molecule has 0 saturated carbocycles. The summed E-state index contributed by atoms with van der Waals surface area (Å²) < 4.78 is 5.08. The fourth-order valence-electron chi connectivity index (χ4n) is 2.54. The molecule has 0 aliphatic carbocycles. The zero-order valence-electron chi connectivity index (χ0n) is 12.6. The Hall–Kier alpha value is -1.73. The van der Waals surface area contributed by atoms with Crippen molar-refractivity contribution in [3.8, 4) is 0 Å². The summed E-state index contributed by atoms with van der Waals surface area (Å²) >= 11 is 0. The van der Waals surface area contributed by atoms with Crippen LogP contribution in [0.5, 0.6) is 0 Å². The Balaban J connectivity index is 1.79. The lowest BCUT2D eigenvalue weighted by molar-refractivity contribution is 0.0945. The summed E-state index contributed by atoms with van der Waals surface area (Å²) in [4.78, 5) is 22.4. The molecule has 1 aromatic heterocycles. The third-order valence-electron chi connectivity index (χ3n) is 3.78. The van der Waals surface area contributed by atoms with E-state index in [2.05, 4.69) is 20.2 Å². The number of hydrogen-bond donors (Lipinski definition) is 2. The number of ether oxygens (including phenoxy) is 1. The van der Waals surface area contributed by atoms with Crippen molar-refractivity contribution in [2.24, 2.45) is 5.92 Å². The van der Waals surface area contributed by atoms with Gasteiger partial charge in [0, 0.05) is 32.9 Å². The molecule has 1 aliphatic rings. The first-order chi connectivity index (χ1) is 10.1. The van der Waals surface area contributed by atoms with Crippen LogP contribution in [0.25, 0.3) is 0 Å². The van der Waals surface area contributed by atoms with Gasteiger partial charge in [0.2, 0.25) is 5.95 Å². The second-order valence-corrected chi connectivity index (χ2v) is 5.39. The Morgan fingerprint density at radius 3 is 3.14 bits per heavy atom. The van der Waals surface area contributed by atoms with Crippen molar-refractivity contribution in [3.05, 3.63) is 17.5 Å². The Bertz CT molecular complexity index is 494. The highest BCUT2D eigenvalue weighted by molar-refractivity contribution is 5.94. The molecule has 0 aromatic carbocycles. The fourth-order valence-corrected chi connectivity index (χ4v) is 2.54. The van der Waals surface area contributed by atoms with Crippen molar-refractivity contribution in [3.63, 3.8) is 0 Å². The highest BCUT2D eigenvalue weighted by Gasteiger charge is 2.22. The maximum atomic E-state index is 12.1. The Morgan fingerprint density at radius 1 is 1.62 bits per heavy atom. The molecule has 1 saturated heterocycles. The Kier molecular flexibility index (Phi) is 5.46. The number of likely N-dealkylation sites (tertiary alicyclic amines) is 1. The topological polar surface area (TPSA) is 93.4 Å². The second kappa shape index (κ2) is 7.33. The second-order valence-electron chi connectivity index (χ2n) is 5.39. The van der Waals surface area contributed by atoms with Gasteiger partial charge in [0.1, 0.15) is 0 Å². The summed E-state index contributed by atoms with van der Waals surface area (Å²) in [5, 5.41) is 2.96. The first-order valence-corrected chi connectivity index (χ1v) is 7.18. The first kappa shape index (κ1) is 15.7. The van der Waals surface area contributed by atoms with Crippen LogP contribution < -0.4 is 11.1 Å². The molecule has 7 nitrogen and oxygen atoms in total. The number of nitrogens with one attached hydrogen (secondary N) is 1. The minimum atomic E-state index is -0.136. The van der Waals surface area contributed by atoms with Crippen molar-refractivity contribution < 1.29 is 9.53 Å². The molecule has 1 aromatic rings. The van der Waals surface area contributed by atoms with Gasteiger partial charge < -0.3 is 20.7 Å². The minimum absolute atomic E-state index is 0.136. The molecule has 116 valence electrons. The van der Waals surface area contributed by atoms with E-state index in [1.54, 1.807) is 14.0 Å². The third-order valence-corrected chi connectivity index (χ3v) is 3.78. The van der Waals surface area contributed by atoms with Gasteiger partial charge in [-0.2, -0.15) is 0 Å². The lowest BCUT2D eigenvalue weighted by atomic mass is 10.1. The molecule has 21 heavy (non-hydrogen) atoms. The van der Waals surface area contributed by atoms with Crippen LogP contribution in [0.15, 0.2) is 6.20 Å². The zero-order chi connectivity index (χ0) is 15.2. The molecule has 2 rings (SSSR count). The van der Waals surface area contributed by atoms with Gasteiger partial charge >= 0.3 is 0 Å². The van der Waals surface area contributed by atoms with E-state index in [1.165, 1.54) is 6.20 Å². The molecule has 1 unspecified atom stereocenters. The monoisotopic (exact) mass is 293 g/mol. The number of nitrogen functional groups attached to an aromatic ring is 1. The Labute approximate surface area is 124 Å². The maximum Gasteiger partial charge on any atom is 0.254 e. The lowest BCUT2D eigenvalue weighted by Gasteiger charge is -2.15. The fraction of sp³-hybridized carbons (Fsp3) is 0.643. The van der Waals surface area contributed by atoms with Gasteiger partial charge in [-0.3, -0.25) is 4.79 Å². The number of hydrogen-bond acceptors (Lipinski definition) is 6. The molecule has 7 heteroatoms. The molecular formula is C14H23N5O2. The number of rotatable bonds is 6. The van der Waals surface area contributed by atoms with Crippen LogP contribution in [0, 0.1) is 12.8 Å². The van der Waals surface area contributed by atoms with Crippen molar-refractivity contribution >= 4 is 11.9 Å². The smallest absolute Gasteiger partial charge is 0.254 e. The molecule has 0 radical (unpaired) electrons. The normalized spacial score (nSPS) is 18.9. The summed E-state index contributed by atoms with van der Waals surface area (Å²) in [6.45, 7) is 6.20. The zero-order valence-corrected chi connectivity index (χ0v) is 12.6. The molecule has 1 aliphatic heterocycles. The van der Waals surface area contributed by atoms with Crippen LogP contribution in [0.4, 0.5) is 5.95 Å². The quantitative estimate of drug-likeness (QED) is 0.770. The number of methoxy groups -OCH3 is 1. The highest BCUT2D eigenvalue weighted by atomic mass is 16.5. The number of carbonyl (C=O) groups is 1. The van der Waals surface area contributed by atoms with Gasteiger partial charge in [0.15, 0.2) is 0 Å². The van der Waals surface area contributed by atoms with Crippen LogP contribution in [-0.4, -0.2) is 60.7 Å². The maximum absolute atomic E-state index is 12.1. The van der Waals surface area contributed by atoms with Crippen molar-refractivity contribution in [2.45, 2.75) is 13.3 Å². The molecule has 2 heterocycles. The van der Waals surface area contributed by atoms with E-state index >= 15 is 0 Å². The standard InChI is InChI=1S/C14H23N5O2/c1-10-12(8-17-14(15)18-10)13(20)16-7-11-3-4-19(9-11)5-6-21-2/h8,11H,3-7,9H2,1-2H3,(H,16,20)(H2,15,17,18). The predicted octanol–water partition coefficient (Wildman–Crippen LogP) is 0.0653. The van der Waals surface area contributed by atoms with Crippen molar-refractivity contribution in [1.29, 1.82) is 0 Å². The number of carbonyl (C=O) groups excluding carboxylic acids is 1. The van der Waals surface area contributed by atoms with Gasteiger partial charge in [-0.1, -0.05) is 0 Å². The van der Waals surface area contributed by atoms with Gasteiger partial charge in [0.25, 0.3) is 5.91 Å². The largest absolute Gasteiger partial charge is 0.383 e. The number of amides is 1. The summed E-state index contributed by atoms with van der Waals surface area (Å²) in [6, 6.07) is 0. The number of nitrogens with zero attached hydrogens (tertiary/aromatic N) is 3. The van der Waals surface area contributed by atoms with E-state index in [9.17, 15) is 4.79 Å². The molecule has 0 spiro atoms. The Morgan fingerprint density at radius 2 is 2.43 bits per heavy atom. The van der Waals surface area contributed by atoms with Crippen LogP contribution >= 0.6 is 0 Å². The van der Waals surface area contributed by atoms with Gasteiger partial charge in [-0.05, 0) is 25.8 Å². The van der Waals surface area contributed by atoms with E-state index in [-0.39, 0.29) is 11.9 Å². The van der Waals surface area contributed by atoms with E-state index in [4.69, 9.17) is 10.5 Å². The number of aryl methyl sites for hydroxylation is 1. The van der Waals surface area contributed by atoms with E-state index in [0.717, 1.165) is 32.7 Å². The first-order valence-electron chi connectivity index (χ1n) is 7.18. The molecular weight excluding hydrogens is 270 g/mol. The summed E-state index contributed by atoms with van der Waals surface area (Å²) in [7, 11) is 1.71.